The van der Waals surface area contributed by atoms with Gasteiger partial charge in [0.05, 0.1) is 5.69 Å². The van der Waals surface area contributed by atoms with Crippen molar-refractivity contribution < 1.29 is 5.11 Å². The molecule has 3 heteroatoms. The lowest BCUT2D eigenvalue weighted by Crippen LogP contribution is -2.22. The molecule has 0 saturated carbocycles. The quantitative estimate of drug-likeness (QED) is 0.730. The third-order valence-corrected chi connectivity index (χ3v) is 2.67. The molecule has 1 unspecified atom stereocenters. The zero-order chi connectivity index (χ0) is 10.9. The highest BCUT2D eigenvalue weighted by atomic mass is 16.3. The minimum absolute atomic E-state index is 0.371. The van der Waals surface area contributed by atoms with Crippen molar-refractivity contribution in [2.45, 2.75) is 18.9 Å². The molecule has 0 aliphatic rings. The molecular formula is C12H12N2O. The van der Waals surface area contributed by atoms with Crippen molar-refractivity contribution in [1.82, 2.24) is 4.98 Å². The van der Waals surface area contributed by atoms with Crippen molar-refractivity contribution in [3.05, 3.63) is 36.0 Å². The highest BCUT2D eigenvalue weighted by Crippen LogP contribution is 2.26. The van der Waals surface area contributed by atoms with Crippen LogP contribution in [0.1, 0.15) is 19.0 Å². The van der Waals surface area contributed by atoms with Crippen LogP contribution in [0, 0.1) is 11.3 Å². The number of H-pyrrole nitrogens is 1. The van der Waals surface area contributed by atoms with Crippen molar-refractivity contribution in [2.75, 3.05) is 0 Å². The monoisotopic (exact) mass is 200 g/mol. The van der Waals surface area contributed by atoms with Crippen LogP contribution in [0.3, 0.4) is 0 Å². The molecule has 76 valence electrons. The Morgan fingerprint density at radius 2 is 2.20 bits per heavy atom. The van der Waals surface area contributed by atoms with E-state index < -0.39 is 5.60 Å². The van der Waals surface area contributed by atoms with Crippen LogP contribution in [0.2, 0.25) is 0 Å². The number of aromatic amines is 1. The molecule has 0 amide bonds. The number of fused-ring (bicyclic) bond motifs is 1. The van der Waals surface area contributed by atoms with Gasteiger partial charge in [0.25, 0.3) is 0 Å². The minimum Gasteiger partial charge on any atom is -0.370 e. The molecule has 0 fully saturated rings. The summed E-state index contributed by atoms with van der Waals surface area (Å²) in [5.74, 6) is 0. The zero-order valence-electron chi connectivity index (χ0n) is 8.49. The fraction of sp³-hybridized carbons (Fsp3) is 0.250. The number of nitrogens with zero attached hydrogens (tertiary/aromatic N) is 1. The predicted octanol–water partition coefficient (Wildman–Crippen LogP) is 2.29. The minimum atomic E-state index is -1.40. The summed E-state index contributed by atoms with van der Waals surface area (Å²) >= 11 is 0. The summed E-state index contributed by atoms with van der Waals surface area (Å²) in [5.41, 5.74) is 0.0993. The lowest BCUT2D eigenvalue weighted by Gasteiger charge is -2.15. The average molecular weight is 200 g/mol. The van der Waals surface area contributed by atoms with Gasteiger partial charge in [0, 0.05) is 5.52 Å². The molecule has 2 rings (SSSR count). The summed E-state index contributed by atoms with van der Waals surface area (Å²) in [7, 11) is 0. The Morgan fingerprint density at radius 3 is 2.80 bits per heavy atom. The molecular weight excluding hydrogens is 188 g/mol. The largest absolute Gasteiger partial charge is 0.370 e. The van der Waals surface area contributed by atoms with Gasteiger partial charge in [0.15, 0.2) is 5.60 Å². The van der Waals surface area contributed by atoms with Crippen molar-refractivity contribution in [3.63, 3.8) is 0 Å². The highest BCUT2D eigenvalue weighted by Gasteiger charge is 2.28. The lowest BCUT2D eigenvalue weighted by molar-refractivity contribution is 0.0897. The molecule has 3 nitrogen and oxygen atoms in total. The number of rotatable bonds is 2. The van der Waals surface area contributed by atoms with E-state index in [2.05, 4.69) is 4.98 Å². The molecule has 2 aromatic rings. The average Bonchev–Trinajstić information content (AvgIpc) is 2.72. The molecule has 15 heavy (non-hydrogen) atoms. The number of aromatic nitrogens is 1. The molecule has 0 bridgehead atoms. The summed E-state index contributed by atoms with van der Waals surface area (Å²) in [5, 5.41) is 20.0. The molecule has 1 atom stereocenters. The van der Waals surface area contributed by atoms with E-state index in [1.54, 1.807) is 6.92 Å². The standard InChI is InChI=1S/C12H12N2O/c1-2-12(15,8-13)11-7-9-5-3-4-6-10(9)14-11/h3-7,14-15H,2H2,1H3. The zero-order valence-corrected chi connectivity index (χ0v) is 8.49. The first kappa shape index (κ1) is 9.75. The Hall–Kier alpha value is -1.79. The first-order valence-corrected chi connectivity index (χ1v) is 4.91. The highest BCUT2D eigenvalue weighted by molar-refractivity contribution is 5.80. The summed E-state index contributed by atoms with van der Waals surface area (Å²) in [6.07, 6.45) is 0.371. The van der Waals surface area contributed by atoms with Crippen LogP contribution >= 0.6 is 0 Å². The van der Waals surface area contributed by atoms with Gasteiger partial charge < -0.3 is 10.1 Å². The number of hydrogen-bond acceptors (Lipinski definition) is 2. The maximum atomic E-state index is 10.0. The van der Waals surface area contributed by atoms with Crippen molar-refractivity contribution in [2.24, 2.45) is 0 Å². The van der Waals surface area contributed by atoms with E-state index >= 15 is 0 Å². The van der Waals surface area contributed by atoms with E-state index in [0.717, 1.165) is 10.9 Å². The van der Waals surface area contributed by atoms with Crippen LogP contribution in [-0.2, 0) is 5.60 Å². The molecule has 1 heterocycles. The topological polar surface area (TPSA) is 59.8 Å². The molecule has 1 aromatic carbocycles. The van der Waals surface area contributed by atoms with Gasteiger partial charge >= 0.3 is 0 Å². The van der Waals surface area contributed by atoms with Gasteiger partial charge in [0.1, 0.15) is 6.07 Å². The van der Waals surface area contributed by atoms with Gasteiger partial charge in [0.2, 0.25) is 0 Å². The van der Waals surface area contributed by atoms with Crippen LogP contribution in [0.4, 0.5) is 0 Å². The molecule has 1 aromatic heterocycles. The normalized spacial score (nSPS) is 14.7. The van der Waals surface area contributed by atoms with Gasteiger partial charge in [-0.15, -0.1) is 0 Å². The summed E-state index contributed by atoms with van der Waals surface area (Å²) in [6.45, 7) is 1.79. The second-order valence-corrected chi connectivity index (χ2v) is 3.60. The van der Waals surface area contributed by atoms with Crippen LogP contribution in [-0.4, -0.2) is 10.1 Å². The summed E-state index contributed by atoms with van der Waals surface area (Å²) in [4.78, 5) is 3.07. The smallest absolute Gasteiger partial charge is 0.191 e. The van der Waals surface area contributed by atoms with Crippen LogP contribution < -0.4 is 0 Å². The first-order chi connectivity index (χ1) is 7.19. The van der Waals surface area contributed by atoms with E-state index in [9.17, 15) is 5.11 Å². The van der Waals surface area contributed by atoms with Gasteiger partial charge in [-0.3, -0.25) is 0 Å². The predicted molar refractivity (Wildman–Crippen MR) is 58.1 cm³/mol. The summed E-state index contributed by atoms with van der Waals surface area (Å²) < 4.78 is 0. The van der Waals surface area contributed by atoms with E-state index in [1.807, 2.05) is 36.4 Å². The van der Waals surface area contributed by atoms with Crippen LogP contribution in [0.15, 0.2) is 30.3 Å². The van der Waals surface area contributed by atoms with E-state index in [1.165, 1.54) is 0 Å². The number of nitrogens with one attached hydrogen (secondary N) is 1. The van der Waals surface area contributed by atoms with E-state index in [0.29, 0.717) is 12.1 Å². The number of aliphatic hydroxyl groups is 1. The maximum absolute atomic E-state index is 10.0. The van der Waals surface area contributed by atoms with Gasteiger partial charge in [-0.05, 0) is 23.9 Å². The van der Waals surface area contributed by atoms with Gasteiger partial charge in [-0.1, -0.05) is 25.1 Å². The fourth-order valence-corrected chi connectivity index (χ4v) is 1.63. The Balaban J connectivity index is 2.59. The molecule has 0 spiro atoms. The summed E-state index contributed by atoms with van der Waals surface area (Å²) in [6, 6.07) is 11.5. The van der Waals surface area contributed by atoms with Crippen molar-refractivity contribution in [3.8, 4) is 6.07 Å². The molecule has 2 N–H and O–H groups in total. The first-order valence-electron chi connectivity index (χ1n) is 4.91. The number of para-hydroxylation sites is 1. The number of benzene rings is 1. The Labute approximate surface area is 88.0 Å². The molecule has 0 radical (unpaired) electrons. The van der Waals surface area contributed by atoms with Crippen molar-refractivity contribution in [1.29, 1.82) is 5.26 Å². The second kappa shape index (κ2) is 3.41. The lowest BCUT2D eigenvalue weighted by atomic mass is 9.99. The third kappa shape index (κ3) is 1.49. The van der Waals surface area contributed by atoms with Crippen LogP contribution in [0.25, 0.3) is 10.9 Å². The number of hydrogen-bond donors (Lipinski definition) is 2. The Kier molecular flexibility index (Phi) is 2.22. The SMILES string of the molecule is CCC(O)(C#N)c1cc2ccccc2[nH]1. The van der Waals surface area contributed by atoms with Gasteiger partial charge in [-0.2, -0.15) is 5.26 Å². The maximum Gasteiger partial charge on any atom is 0.191 e. The van der Waals surface area contributed by atoms with E-state index in [-0.39, 0.29) is 0 Å². The van der Waals surface area contributed by atoms with Crippen molar-refractivity contribution >= 4 is 10.9 Å². The second-order valence-electron chi connectivity index (χ2n) is 3.60. The molecule has 0 aliphatic heterocycles. The molecule has 0 aliphatic carbocycles. The number of nitriles is 1. The Morgan fingerprint density at radius 1 is 1.47 bits per heavy atom. The fourth-order valence-electron chi connectivity index (χ4n) is 1.63. The molecule has 0 saturated heterocycles. The van der Waals surface area contributed by atoms with Crippen LogP contribution in [0.5, 0.6) is 0 Å². The Bertz CT molecular complexity index is 491. The van der Waals surface area contributed by atoms with Gasteiger partial charge in [-0.25, -0.2) is 0 Å². The third-order valence-electron chi connectivity index (χ3n) is 2.67. The van der Waals surface area contributed by atoms with E-state index in [4.69, 9.17) is 5.26 Å².